The Morgan fingerprint density at radius 3 is 2.56 bits per heavy atom. The average Bonchev–Trinajstić information content (AvgIpc) is 3.26. The Morgan fingerprint density at radius 1 is 1.28 bits per heavy atom. The second-order valence-corrected chi connectivity index (χ2v) is 7.88. The molecule has 11 nitrogen and oxygen atoms in total. The van der Waals surface area contributed by atoms with Crippen LogP contribution in [0, 0.1) is 6.92 Å². The van der Waals surface area contributed by atoms with E-state index < -0.39 is 28.5 Å². The molecule has 1 aromatic carbocycles. The summed E-state index contributed by atoms with van der Waals surface area (Å²) >= 11 is 0. The van der Waals surface area contributed by atoms with Crippen molar-refractivity contribution in [1.29, 1.82) is 0 Å². The van der Waals surface area contributed by atoms with Crippen LogP contribution in [0.3, 0.4) is 0 Å². The van der Waals surface area contributed by atoms with E-state index in [0.29, 0.717) is 5.82 Å². The lowest BCUT2D eigenvalue weighted by Gasteiger charge is -2.29. The largest absolute Gasteiger partial charge is 0.507 e. The number of Topliss-reactive ketones (excluding diaryl/α,β-unsaturated/α-hetero) is 2. The molecule has 0 spiro atoms. The number of nitrogens with one attached hydrogen (secondary N) is 2. The Hall–Kier alpha value is -4.15. The number of hydrogen-bond donors (Lipinski definition) is 5. The number of H-pyrrole nitrogens is 1. The monoisotopic (exact) mass is 439 g/mol. The summed E-state index contributed by atoms with van der Waals surface area (Å²) in [5.41, 5.74) is 3.97. The molecule has 1 atom stereocenters. The second kappa shape index (κ2) is 6.94. The number of hydrogen-bond acceptors (Lipinski definition) is 10. The number of allylic oxidation sites excluding steroid dienone is 4. The van der Waals surface area contributed by atoms with Gasteiger partial charge in [-0.1, -0.05) is 0 Å². The van der Waals surface area contributed by atoms with Crippen LogP contribution in [0.25, 0.3) is 0 Å². The van der Waals surface area contributed by atoms with Crippen LogP contribution in [-0.2, 0) is 21.5 Å². The first-order valence-corrected chi connectivity index (χ1v) is 9.69. The number of rotatable bonds is 4. The number of benzene rings is 1. The van der Waals surface area contributed by atoms with E-state index in [2.05, 4.69) is 20.5 Å². The fourth-order valence-electron chi connectivity index (χ4n) is 4.06. The molecule has 32 heavy (non-hydrogen) atoms. The Labute approximate surface area is 182 Å². The molecule has 0 bridgehead atoms. The highest BCUT2D eigenvalue weighted by Crippen LogP contribution is 2.57. The highest BCUT2D eigenvalue weighted by atomic mass is 16.5. The van der Waals surface area contributed by atoms with Crippen LogP contribution < -0.4 is 15.8 Å². The van der Waals surface area contributed by atoms with E-state index in [1.54, 1.807) is 6.92 Å². The van der Waals surface area contributed by atoms with E-state index in [9.17, 15) is 24.6 Å². The molecule has 0 saturated heterocycles. The maximum Gasteiger partial charge on any atom is 0.239 e. The van der Waals surface area contributed by atoms with Gasteiger partial charge in [-0.05, 0) is 27.7 Å². The number of aromatic nitrogens is 3. The standard InChI is InChI=1S/C21H21N5O6/c1-7-16(29)14(9(3)27)18-15(17(7)30)21(4)11(32-18)5-10(28)13(19(21)31)8(2)23-6-12-24-20(22)26-25-12/h5,23,29-30H,6H2,1-4H3,(H3,22,24,25,26)/b13-8+/t21-/m1/s1. The van der Waals surface area contributed by atoms with Crippen LogP contribution in [0.15, 0.2) is 23.1 Å². The van der Waals surface area contributed by atoms with Gasteiger partial charge in [0.15, 0.2) is 17.3 Å². The van der Waals surface area contributed by atoms with Crippen LogP contribution in [0.5, 0.6) is 17.2 Å². The number of ether oxygens (including phenoxy) is 1. The van der Waals surface area contributed by atoms with Gasteiger partial charge in [0, 0.05) is 17.3 Å². The molecule has 166 valence electrons. The van der Waals surface area contributed by atoms with Crippen molar-refractivity contribution in [3.05, 3.63) is 45.6 Å². The number of phenols is 2. The first-order chi connectivity index (χ1) is 15.0. The summed E-state index contributed by atoms with van der Waals surface area (Å²) in [6, 6.07) is 0. The summed E-state index contributed by atoms with van der Waals surface area (Å²) in [5.74, 6) is -2.21. The molecule has 0 amide bonds. The Morgan fingerprint density at radius 2 is 1.97 bits per heavy atom. The maximum absolute atomic E-state index is 13.6. The molecule has 1 aromatic heterocycles. The highest BCUT2D eigenvalue weighted by molar-refractivity contribution is 6.31. The van der Waals surface area contributed by atoms with E-state index in [1.165, 1.54) is 20.8 Å². The van der Waals surface area contributed by atoms with Gasteiger partial charge in [-0.2, -0.15) is 4.98 Å². The predicted octanol–water partition coefficient (Wildman–Crippen LogP) is 1.06. The lowest BCUT2D eigenvalue weighted by atomic mass is 9.70. The molecule has 11 heteroatoms. The number of nitrogens with two attached hydrogens (primary N) is 1. The molecular formula is C21H21N5O6. The molecule has 1 aliphatic carbocycles. The minimum atomic E-state index is -1.56. The van der Waals surface area contributed by atoms with Gasteiger partial charge in [0.2, 0.25) is 5.95 Å². The molecule has 2 aliphatic rings. The van der Waals surface area contributed by atoms with Crippen LogP contribution in [0.2, 0.25) is 0 Å². The fourth-order valence-corrected chi connectivity index (χ4v) is 4.06. The number of nitrogen functional groups attached to an aromatic ring is 1. The summed E-state index contributed by atoms with van der Waals surface area (Å²) in [6.45, 7) is 5.86. The highest BCUT2D eigenvalue weighted by Gasteiger charge is 2.56. The second-order valence-electron chi connectivity index (χ2n) is 7.88. The zero-order valence-corrected chi connectivity index (χ0v) is 17.8. The van der Waals surface area contributed by atoms with Crippen LogP contribution in [-0.4, -0.2) is 42.7 Å². The van der Waals surface area contributed by atoms with Gasteiger partial charge < -0.3 is 26.0 Å². The van der Waals surface area contributed by atoms with Gasteiger partial charge in [0.1, 0.15) is 39.8 Å². The first kappa shape index (κ1) is 21.1. The van der Waals surface area contributed by atoms with E-state index in [0.717, 1.165) is 6.08 Å². The Bertz CT molecular complexity index is 1290. The van der Waals surface area contributed by atoms with Gasteiger partial charge in [-0.3, -0.25) is 19.5 Å². The Kier molecular flexibility index (Phi) is 4.57. The number of ketones is 3. The third kappa shape index (κ3) is 2.77. The number of carbonyl (C=O) groups is 3. The lowest BCUT2D eigenvalue weighted by Crippen LogP contribution is -2.41. The molecule has 6 N–H and O–H groups in total. The predicted molar refractivity (Wildman–Crippen MR) is 111 cm³/mol. The van der Waals surface area contributed by atoms with Gasteiger partial charge in [0.05, 0.1) is 17.7 Å². The van der Waals surface area contributed by atoms with E-state index in [-0.39, 0.29) is 57.7 Å². The molecular weight excluding hydrogens is 418 g/mol. The summed E-state index contributed by atoms with van der Waals surface area (Å²) in [7, 11) is 0. The van der Waals surface area contributed by atoms with E-state index in [1.807, 2.05) is 0 Å². The van der Waals surface area contributed by atoms with Crippen molar-refractivity contribution in [3.8, 4) is 17.2 Å². The average molecular weight is 439 g/mol. The van der Waals surface area contributed by atoms with Gasteiger partial charge in [-0.15, -0.1) is 5.10 Å². The molecule has 4 rings (SSSR count). The zero-order chi connectivity index (χ0) is 23.5. The van der Waals surface area contributed by atoms with Crippen molar-refractivity contribution in [2.45, 2.75) is 39.7 Å². The van der Waals surface area contributed by atoms with E-state index in [4.69, 9.17) is 10.5 Å². The zero-order valence-electron chi connectivity index (χ0n) is 17.8. The van der Waals surface area contributed by atoms with Crippen LogP contribution in [0.4, 0.5) is 5.95 Å². The summed E-state index contributed by atoms with van der Waals surface area (Å²) in [5, 5.41) is 30.5. The minimum Gasteiger partial charge on any atom is -0.507 e. The minimum absolute atomic E-state index is 0.0233. The molecule has 0 saturated carbocycles. The topological polar surface area (TPSA) is 181 Å². The normalized spacial score (nSPS) is 20.9. The lowest BCUT2D eigenvalue weighted by molar-refractivity contribution is -0.123. The fraction of sp³-hybridized carbons (Fsp3) is 0.286. The van der Waals surface area contributed by atoms with Gasteiger partial charge >= 0.3 is 0 Å². The summed E-state index contributed by atoms with van der Waals surface area (Å²) in [6.07, 6.45) is 1.16. The third-order valence-electron chi connectivity index (χ3n) is 5.83. The maximum atomic E-state index is 13.6. The molecule has 0 radical (unpaired) electrons. The number of aromatic hydroxyl groups is 2. The van der Waals surface area contributed by atoms with Crippen molar-refractivity contribution in [3.63, 3.8) is 0 Å². The molecule has 1 aliphatic heterocycles. The van der Waals surface area contributed by atoms with Crippen molar-refractivity contribution in [2.75, 3.05) is 5.73 Å². The summed E-state index contributed by atoms with van der Waals surface area (Å²) < 4.78 is 5.72. The van der Waals surface area contributed by atoms with Crippen LogP contribution in [0.1, 0.15) is 48.1 Å². The SMILES string of the molecule is CC(=O)c1c(O)c(C)c(O)c2c1OC1=CC(=O)/C(=C(/C)NCc3nc(N)n[nH]3)C(=O)[C@]12C. The first-order valence-electron chi connectivity index (χ1n) is 9.69. The number of aromatic amines is 1. The quantitative estimate of drug-likeness (QED) is 0.262. The van der Waals surface area contributed by atoms with Gasteiger partial charge in [0.25, 0.3) is 0 Å². The smallest absolute Gasteiger partial charge is 0.239 e. The molecule has 2 heterocycles. The number of phenolic OH excluding ortho intramolecular Hbond substituents is 2. The number of fused-ring (bicyclic) bond motifs is 3. The third-order valence-corrected chi connectivity index (χ3v) is 5.83. The van der Waals surface area contributed by atoms with Crippen molar-refractivity contribution >= 4 is 23.3 Å². The molecule has 0 unspecified atom stereocenters. The van der Waals surface area contributed by atoms with Crippen LogP contribution >= 0.6 is 0 Å². The van der Waals surface area contributed by atoms with E-state index >= 15 is 0 Å². The number of anilines is 1. The van der Waals surface area contributed by atoms with Crippen molar-refractivity contribution < 1.29 is 29.3 Å². The van der Waals surface area contributed by atoms with Crippen molar-refractivity contribution in [1.82, 2.24) is 20.5 Å². The number of carbonyl (C=O) groups excluding carboxylic acids is 3. The van der Waals surface area contributed by atoms with Crippen molar-refractivity contribution in [2.24, 2.45) is 0 Å². The molecule has 2 aromatic rings. The van der Waals surface area contributed by atoms with Gasteiger partial charge in [-0.25, -0.2) is 0 Å². The molecule has 0 fully saturated rings. The summed E-state index contributed by atoms with van der Waals surface area (Å²) in [4.78, 5) is 42.6. The Balaban J connectivity index is 1.84. The number of nitrogens with zero attached hydrogens (tertiary/aromatic N) is 2.